The van der Waals surface area contributed by atoms with Crippen molar-refractivity contribution in [2.24, 2.45) is 5.92 Å². The van der Waals surface area contributed by atoms with Gasteiger partial charge in [-0.3, -0.25) is 4.79 Å². The molecule has 0 bridgehead atoms. The van der Waals surface area contributed by atoms with E-state index in [0.29, 0.717) is 55.5 Å². The summed E-state index contributed by atoms with van der Waals surface area (Å²) in [5, 5.41) is 3.07. The lowest BCUT2D eigenvalue weighted by molar-refractivity contribution is -0.126. The highest BCUT2D eigenvalue weighted by atomic mass is 32.2. The summed E-state index contributed by atoms with van der Waals surface area (Å²) in [6.45, 7) is 9.42. The first kappa shape index (κ1) is 25.1. The summed E-state index contributed by atoms with van der Waals surface area (Å²) in [6.07, 6.45) is 0.994. The molecule has 0 spiro atoms. The van der Waals surface area contributed by atoms with E-state index in [1.54, 1.807) is 24.3 Å². The molecule has 0 saturated carbocycles. The number of benzene rings is 2. The van der Waals surface area contributed by atoms with Gasteiger partial charge in [-0.15, -0.1) is 0 Å². The topological polar surface area (TPSA) is 84.9 Å². The molecular formula is C25H34N2O5S. The average Bonchev–Trinajstić information content (AvgIpc) is 2.81. The number of aryl methyl sites for hydroxylation is 1. The van der Waals surface area contributed by atoms with Crippen LogP contribution in [0.3, 0.4) is 0 Å². The summed E-state index contributed by atoms with van der Waals surface area (Å²) >= 11 is 0. The fourth-order valence-electron chi connectivity index (χ4n) is 3.97. The highest BCUT2D eigenvalue weighted by molar-refractivity contribution is 7.89. The summed E-state index contributed by atoms with van der Waals surface area (Å²) in [5.41, 5.74) is 1.94. The van der Waals surface area contributed by atoms with Gasteiger partial charge in [0.25, 0.3) is 0 Å². The summed E-state index contributed by atoms with van der Waals surface area (Å²) in [5.74, 6) is 1.07. The van der Waals surface area contributed by atoms with Gasteiger partial charge < -0.3 is 14.8 Å². The molecule has 1 aliphatic rings. The molecule has 1 fully saturated rings. The smallest absolute Gasteiger partial charge is 0.243 e. The lowest BCUT2D eigenvalue weighted by atomic mass is 9.96. The number of ether oxygens (including phenoxy) is 2. The second-order valence-electron chi connectivity index (χ2n) is 8.29. The van der Waals surface area contributed by atoms with E-state index in [1.165, 1.54) is 4.31 Å². The minimum Gasteiger partial charge on any atom is -0.490 e. The van der Waals surface area contributed by atoms with Crippen LogP contribution >= 0.6 is 0 Å². The zero-order chi connectivity index (χ0) is 24.0. The van der Waals surface area contributed by atoms with Crippen molar-refractivity contribution in [3.8, 4) is 11.5 Å². The Balaban J connectivity index is 1.60. The van der Waals surface area contributed by atoms with Crippen molar-refractivity contribution >= 4 is 15.9 Å². The molecule has 180 valence electrons. The second kappa shape index (κ2) is 11.0. The number of hydrogen-bond donors (Lipinski definition) is 1. The van der Waals surface area contributed by atoms with Crippen LogP contribution in [0.2, 0.25) is 0 Å². The minimum absolute atomic E-state index is 0.0540. The number of hydrogen-bond acceptors (Lipinski definition) is 5. The predicted molar refractivity (Wildman–Crippen MR) is 128 cm³/mol. The maximum absolute atomic E-state index is 12.9. The number of nitrogens with zero attached hydrogens (tertiary/aromatic N) is 1. The fourth-order valence-corrected chi connectivity index (χ4v) is 5.44. The van der Waals surface area contributed by atoms with Crippen molar-refractivity contribution in [3.63, 3.8) is 0 Å². The van der Waals surface area contributed by atoms with Gasteiger partial charge in [0.15, 0.2) is 11.5 Å². The molecule has 7 nitrogen and oxygen atoms in total. The van der Waals surface area contributed by atoms with Crippen molar-refractivity contribution < 1.29 is 22.7 Å². The zero-order valence-corrected chi connectivity index (χ0v) is 20.7. The van der Waals surface area contributed by atoms with Crippen LogP contribution in [0.4, 0.5) is 0 Å². The van der Waals surface area contributed by atoms with Gasteiger partial charge in [-0.05, 0) is 70.4 Å². The number of piperidine rings is 1. The number of nitrogens with one attached hydrogen (secondary N) is 1. The maximum atomic E-state index is 12.9. The van der Waals surface area contributed by atoms with Gasteiger partial charge in [0, 0.05) is 19.0 Å². The standard InChI is InChI=1S/C25H34N2O5S/c1-5-31-23-12-9-21(17-24(23)32-6-2)19(4)26-25(28)20-13-15-27(16-14-20)33(29,30)22-10-7-18(3)8-11-22/h7-12,17,19-20H,5-6,13-16H2,1-4H3,(H,26,28). The van der Waals surface area contributed by atoms with Crippen molar-refractivity contribution in [1.82, 2.24) is 9.62 Å². The largest absolute Gasteiger partial charge is 0.490 e. The molecule has 1 atom stereocenters. The molecule has 33 heavy (non-hydrogen) atoms. The molecule has 1 aliphatic heterocycles. The first-order chi connectivity index (χ1) is 15.8. The van der Waals surface area contributed by atoms with E-state index in [1.807, 2.05) is 45.9 Å². The first-order valence-electron chi connectivity index (χ1n) is 11.5. The summed E-state index contributed by atoms with van der Waals surface area (Å²) in [6, 6.07) is 12.4. The van der Waals surface area contributed by atoms with E-state index in [2.05, 4.69) is 5.32 Å². The van der Waals surface area contributed by atoms with Gasteiger partial charge >= 0.3 is 0 Å². The summed E-state index contributed by atoms with van der Waals surface area (Å²) < 4.78 is 38.6. The molecule has 2 aromatic carbocycles. The predicted octanol–water partition coefficient (Wildman–Crippen LogP) is 4.07. The number of amides is 1. The third kappa shape index (κ3) is 6.06. The van der Waals surface area contributed by atoms with Gasteiger partial charge in [-0.1, -0.05) is 23.8 Å². The Labute approximate surface area is 197 Å². The number of carbonyl (C=O) groups excluding carboxylic acids is 1. The SMILES string of the molecule is CCOc1ccc(C(C)NC(=O)C2CCN(S(=O)(=O)c3ccc(C)cc3)CC2)cc1OCC. The zero-order valence-electron chi connectivity index (χ0n) is 19.8. The van der Waals surface area contributed by atoms with Crippen LogP contribution in [0.5, 0.6) is 11.5 Å². The Hall–Kier alpha value is -2.58. The van der Waals surface area contributed by atoms with Crippen molar-refractivity contribution in [3.05, 3.63) is 53.6 Å². The quantitative estimate of drug-likeness (QED) is 0.592. The van der Waals surface area contributed by atoms with Gasteiger partial charge in [0.2, 0.25) is 15.9 Å². The first-order valence-corrected chi connectivity index (χ1v) is 13.0. The van der Waals surface area contributed by atoms with Crippen LogP contribution < -0.4 is 14.8 Å². The van der Waals surface area contributed by atoms with Gasteiger partial charge in [0.1, 0.15) is 0 Å². The number of rotatable bonds is 9. The van der Waals surface area contributed by atoms with Crippen LogP contribution in [0.15, 0.2) is 47.4 Å². The molecule has 0 aliphatic carbocycles. The third-order valence-corrected chi connectivity index (χ3v) is 7.82. The molecule has 1 heterocycles. The van der Waals surface area contributed by atoms with E-state index in [-0.39, 0.29) is 17.9 Å². The molecule has 1 unspecified atom stereocenters. The Bertz CT molecular complexity index is 1040. The van der Waals surface area contributed by atoms with Crippen LogP contribution in [-0.4, -0.2) is 44.9 Å². The highest BCUT2D eigenvalue weighted by Gasteiger charge is 2.32. The lowest BCUT2D eigenvalue weighted by Crippen LogP contribution is -2.43. The van der Waals surface area contributed by atoms with Crippen molar-refractivity contribution in [2.75, 3.05) is 26.3 Å². The lowest BCUT2D eigenvalue weighted by Gasteiger charge is -2.31. The van der Waals surface area contributed by atoms with E-state index >= 15 is 0 Å². The summed E-state index contributed by atoms with van der Waals surface area (Å²) in [7, 11) is -3.54. The molecule has 8 heteroatoms. The van der Waals surface area contributed by atoms with Gasteiger partial charge in [0.05, 0.1) is 24.2 Å². The summed E-state index contributed by atoms with van der Waals surface area (Å²) in [4.78, 5) is 13.2. The molecule has 0 radical (unpaired) electrons. The Morgan fingerprint density at radius 2 is 1.64 bits per heavy atom. The van der Waals surface area contributed by atoms with Crippen molar-refractivity contribution in [2.45, 2.75) is 51.5 Å². The van der Waals surface area contributed by atoms with Crippen LogP contribution in [0, 0.1) is 12.8 Å². The fraction of sp³-hybridized carbons (Fsp3) is 0.480. The van der Waals surface area contributed by atoms with E-state index in [0.717, 1.165) is 11.1 Å². The monoisotopic (exact) mass is 474 g/mol. The van der Waals surface area contributed by atoms with E-state index < -0.39 is 10.0 Å². The Morgan fingerprint density at radius 3 is 2.24 bits per heavy atom. The number of sulfonamides is 1. The highest BCUT2D eigenvalue weighted by Crippen LogP contribution is 2.31. The molecule has 3 rings (SSSR count). The molecule has 1 amide bonds. The Kier molecular flexibility index (Phi) is 8.37. The van der Waals surface area contributed by atoms with Gasteiger partial charge in [-0.2, -0.15) is 4.31 Å². The maximum Gasteiger partial charge on any atom is 0.243 e. The molecule has 0 aromatic heterocycles. The number of carbonyl (C=O) groups is 1. The van der Waals surface area contributed by atoms with Crippen molar-refractivity contribution in [1.29, 1.82) is 0 Å². The average molecular weight is 475 g/mol. The van der Waals surface area contributed by atoms with Crippen LogP contribution in [0.25, 0.3) is 0 Å². The molecule has 2 aromatic rings. The Morgan fingerprint density at radius 1 is 1.03 bits per heavy atom. The van der Waals surface area contributed by atoms with E-state index in [4.69, 9.17) is 9.47 Å². The molecule has 1 saturated heterocycles. The normalized spacial score (nSPS) is 16.2. The minimum atomic E-state index is -3.54. The van der Waals surface area contributed by atoms with Crippen LogP contribution in [-0.2, 0) is 14.8 Å². The van der Waals surface area contributed by atoms with E-state index in [9.17, 15) is 13.2 Å². The molecule has 1 N–H and O–H groups in total. The van der Waals surface area contributed by atoms with Gasteiger partial charge in [-0.25, -0.2) is 8.42 Å². The van der Waals surface area contributed by atoms with Crippen LogP contribution in [0.1, 0.15) is 50.8 Å². The molecular weight excluding hydrogens is 440 g/mol. The second-order valence-corrected chi connectivity index (χ2v) is 10.2. The third-order valence-electron chi connectivity index (χ3n) is 5.91.